The molecule has 0 aliphatic carbocycles. The molecule has 4 heteroatoms. The number of hydrogen-bond acceptors (Lipinski definition) is 3. The van der Waals surface area contributed by atoms with Gasteiger partial charge in [-0.2, -0.15) is 0 Å². The van der Waals surface area contributed by atoms with E-state index in [-0.39, 0.29) is 11.1 Å². The highest BCUT2D eigenvalue weighted by molar-refractivity contribution is 6.04. The van der Waals surface area contributed by atoms with Gasteiger partial charge in [0, 0.05) is 0 Å². The van der Waals surface area contributed by atoms with Gasteiger partial charge in [-0.15, -0.1) is 0 Å². The number of rotatable bonds is 8. The second kappa shape index (κ2) is 8.35. The van der Waals surface area contributed by atoms with E-state index in [1.165, 1.54) is 6.07 Å². The fourth-order valence-electron chi connectivity index (χ4n) is 2.05. The van der Waals surface area contributed by atoms with Crippen molar-refractivity contribution in [3.05, 3.63) is 35.4 Å². The van der Waals surface area contributed by atoms with Gasteiger partial charge in [0.25, 0.3) is 0 Å². The summed E-state index contributed by atoms with van der Waals surface area (Å²) in [5.41, 5.74) is 5.70. The van der Waals surface area contributed by atoms with Crippen molar-refractivity contribution in [2.45, 2.75) is 39.5 Å². The molecule has 0 radical (unpaired) electrons. The van der Waals surface area contributed by atoms with Crippen LogP contribution in [-0.2, 0) is 4.74 Å². The Morgan fingerprint density at radius 1 is 1.20 bits per heavy atom. The van der Waals surface area contributed by atoms with Gasteiger partial charge in [0.2, 0.25) is 5.91 Å². The first-order valence-electron chi connectivity index (χ1n) is 7.16. The molecule has 0 saturated carbocycles. The maximum absolute atomic E-state index is 12.0. The molecule has 1 amide bonds. The third-order valence-corrected chi connectivity index (χ3v) is 3.41. The molecule has 0 aliphatic heterocycles. The van der Waals surface area contributed by atoms with Crippen LogP contribution in [0.25, 0.3) is 0 Å². The first kappa shape index (κ1) is 16.2. The van der Waals surface area contributed by atoms with Crippen molar-refractivity contribution in [2.75, 3.05) is 6.61 Å². The Balaban J connectivity index is 2.65. The number of carbonyl (C=O) groups is 2. The molecular formula is C16H23NO3. The van der Waals surface area contributed by atoms with E-state index in [2.05, 4.69) is 13.8 Å². The van der Waals surface area contributed by atoms with Gasteiger partial charge in [-0.1, -0.05) is 45.2 Å². The molecule has 0 heterocycles. The fourth-order valence-corrected chi connectivity index (χ4v) is 2.05. The molecule has 0 saturated heterocycles. The minimum absolute atomic E-state index is 0.208. The van der Waals surface area contributed by atoms with Gasteiger partial charge in [-0.25, -0.2) is 4.79 Å². The summed E-state index contributed by atoms with van der Waals surface area (Å²) in [7, 11) is 0. The number of primary amides is 1. The van der Waals surface area contributed by atoms with Crippen molar-refractivity contribution in [1.82, 2.24) is 0 Å². The molecule has 0 spiro atoms. The van der Waals surface area contributed by atoms with Crippen LogP contribution in [-0.4, -0.2) is 18.5 Å². The summed E-state index contributed by atoms with van der Waals surface area (Å²) >= 11 is 0. The van der Waals surface area contributed by atoms with Gasteiger partial charge in [0.1, 0.15) is 0 Å². The highest BCUT2D eigenvalue weighted by Gasteiger charge is 2.17. The molecule has 2 N–H and O–H groups in total. The Bertz CT molecular complexity index is 457. The Labute approximate surface area is 120 Å². The fraction of sp³-hybridized carbons (Fsp3) is 0.500. The zero-order chi connectivity index (χ0) is 15.0. The van der Waals surface area contributed by atoms with E-state index in [1.807, 2.05) is 0 Å². The molecule has 1 aromatic carbocycles. The zero-order valence-corrected chi connectivity index (χ0v) is 12.2. The third kappa shape index (κ3) is 4.68. The smallest absolute Gasteiger partial charge is 0.338 e. The van der Waals surface area contributed by atoms with Crippen LogP contribution in [0.2, 0.25) is 0 Å². The summed E-state index contributed by atoms with van der Waals surface area (Å²) in [5, 5.41) is 0. The van der Waals surface area contributed by atoms with Crippen molar-refractivity contribution in [1.29, 1.82) is 0 Å². The van der Waals surface area contributed by atoms with Crippen LogP contribution in [0.5, 0.6) is 0 Å². The second-order valence-electron chi connectivity index (χ2n) is 4.92. The number of ether oxygens (including phenoxy) is 1. The van der Waals surface area contributed by atoms with Crippen LogP contribution in [0, 0.1) is 5.92 Å². The number of carbonyl (C=O) groups excluding carboxylic acids is 2. The predicted octanol–water partition coefficient (Wildman–Crippen LogP) is 3.16. The van der Waals surface area contributed by atoms with Crippen LogP contribution < -0.4 is 5.73 Å². The van der Waals surface area contributed by atoms with E-state index >= 15 is 0 Å². The first-order valence-corrected chi connectivity index (χ1v) is 7.16. The van der Waals surface area contributed by atoms with Crippen LogP contribution in [0.1, 0.15) is 60.2 Å². The molecule has 0 fully saturated rings. The topological polar surface area (TPSA) is 69.4 Å². The minimum atomic E-state index is -0.615. The lowest BCUT2D eigenvalue weighted by Crippen LogP contribution is -2.19. The van der Waals surface area contributed by atoms with Gasteiger partial charge < -0.3 is 10.5 Å². The Morgan fingerprint density at radius 3 is 2.40 bits per heavy atom. The lowest BCUT2D eigenvalue weighted by Gasteiger charge is -2.15. The highest BCUT2D eigenvalue weighted by atomic mass is 16.5. The van der Waals surface area contributed by atoms with Crippen LogP contribution in [0.3, 0.4) is 0 Å². The summed E-state index contributed by atoms with van der Waals surface area (Å²) in [5.74, 6) is -0.718. The SMILES string of the molecule is CCCCC(CC)COC(=O)c1ccccc1C(N)=O. The van der Waals surface area contributed by atoms with Crippen molar-refractivity contribution >= 4 is 11.9 Å². The van der Waals surface area contributed by atoms with Gasteiger partial charge in [0.05, 0.1) is 17.7 Å². The van der Waals surface area contributed by atoms with Gasteiger partial charge >= 0.3 is 5.97 Å². The second-order valence-corrected chi connectivity index (χ2v) is 4.92. The maximum Gasteiger partial charge on any atom is 0.338 e. The van der Waals surface area contributed by atoms with Crippen molar-refractivity contribution in [2.24, 2.45) is 11.7 Å². The summed E-state index contributed by atoms with van der Waals surface area (Å²) in [6.45, 7) is 4.62. The Morgan fingerprint density at radius 2 is 1.85 bits per heavy atom. The van der Waals surface area contributed by atoms with Gasteiger partial charge in [-0.3, -0.25) is 4.79 Å². The van der Waals surface area contributed by atoms with Crippen LogP contribution in [0.15, 0.2) is 24.3 Å². The lowest BCUT2D eigenvalue weighted by molar-refractivity contribution is 0.0425. The third-order valence-electron chi connectivity index (χ3n) is 3.41. The normalized spacial score (nSPS) is 11.9. The average Bonchev–Trinajstić information content (AvgIpc) is 2.47. The molecule has 0 aliphatic rings. The monoisotopic (exact) mass is 277 g/mol. The summed E-state index contributed by atoms with van der Waals surface area (Å²) in [6.07, 6.45) is 4.30. The van der Waals surface area contributed by atoms with Gasteiger partial charge in [-0.05, 0) is 24.5 Å². The van der Waals surface area contributed by atoms with E-state index in [0.717, 1.165) is 25.7 Å². The zero-order valence-electron chi connectivity index (χ0n) is 12.2. The quantitative estimate of drug-likeness (QED) is 0.742. The average molecular weight is 277 g/mol. The lowest BCUT2D eigenvalue weighted by atomic mass is 10.0. The highest BCUT2D eigenvalue weighted by Crippen LogP contribution is 2.15. The molecule has 20 heavy (non-hydrogen) atoms. The van der Waals surface area contributed by atoms with Crippen LogP contribution in [0.4, 0.5) is 0 Å². The van der Waals surface area contributed by atoms with E-state index in [4.69, 9.17) is 10.5 Å². The van der Waals surface area contributed by atoms with E-state index in [0.29, 0.717) is 12.5 Å². The molecule has 0 bridgehead atoms. The Hall–Kier alpha value is -1.84. The summed E-state index contributed by atoms with van der Waals surface area (Å²) in [6, 6.07) is 6.47. The minimum Gasteiger partial charge on any atom is -0.462 e. The molecule has 1 aromatic rings. The first-order chi connectivity index (χ1) is 9.60. The summed E-state index contributed by atoms with van der Waals surface area (Å²) in [4.78, 5) is 23.3. The molecule has 1 rings (SSSR count). The number of nitrogens with two attached hydrogens (primary N) is 1. The number of benzene rings is 1. The van der Waals surface area contributed by atoms with E-state index in [9.17, 15) is 9.59 Å². The number of esters is 1. The Kier molecular flexibility index (Phi) is 6.77. The molecule has 110 valence electrons. The number of hydrogen-bond donors (Lipinski definition) is 1. The molecule has 1 unspecified atom stereocenters. The largest absolute Gasteiger partial charge is 0.462 e. The molecule has 4 nitrogen and oxygen atoms in total. The van der Waals surface area contributed by atoms with E-state index < -0.39 is 11.9 Å². The van der Waals surface area contributed by atoms with Crippen molar-refractivity contribution in [3.63, 3.8) is 0 Å². The molecular weight excluding hydrogens is 254 g/mol. The van der Waals surface area contributed by atoms with Gasteiger partial charge in [0.15, 0.2) is 0 Å². The molecule has 0 aromatic heterocycles. The standard InChI is InChI=1S/C16H23NO3/c1-3-5-8-12(4-2)11-20-16(19)14-10-7-6-9-13(14)15(17)18/h6-7,9-10,12H,3-5,8,11H2,1-2H3,(H2,17,18). The molecule has 1 atom stereocenters. The summed E-state index contributed by atoms with van der Waals surface area (Å²) < 4.78 is 5.32. The predicted molar refractivity (Wildman–Crippen MR) is 78.5 cm³/mol. The number of amides is 1. The van der Waals surface area contributed by atoms with Crippen LogP contribution >= 0.6 is 0 Å². The van der Waals surface area contributed by atoms with Crippen molar-refractivity contribution in [3.8, 4) is 0 Å². The maximum atomic E-state index is 12.0. The van der Waals surface area contributed by atoms with E-state index in [1.54, 1.807) is 18.2 Å². The number of unbranched alkanes of at least 4 members (excludes halogenated alkanes) is 1. The van der Waals surface area contributed by atoms with Crippen molar-refractivity contribution < 1.29 is 14.3 Å².